The van der Waals surface area contributed by atoms with E-state index in [9.17, 15) is 9.59 Å². The monoisotopic (exact) mass is 582 g/mol. The fourth-order valence-corrected chi connectivity index (χ4v) is 5.38. The molecular weight excluding hydrogens is 540 g/mol. The smallest absolute Gasteiger partial charge is 0.410 e. The Balaban J connectivity index is 1.48. The molecular formula is C36H42N2O5. The van der Waals surface area contributed by atoms with Gasteiger partial charge in [0.1, 0.15) is 18.0 Å². The van der Waals surface area contributed by atoms with Gasteiger partial charge in [-0.1, -0.05) is 60.7 Å². The summed E-state index contributed by atoms with van der Waals surface area (Å²) in [6, 6.07) is 26.7. The van der Waals surface area contributed by atoms with E-state index in [0.717, 1.165) is 46.4 Å². The molecule has 1 aliphatic heterocycles. The van der Waals surface area contributed by atoms with Gasteiger partial charge in [0.25, 0.3) is 5.91 Å². The molecule has 0 radical (unpaired) electrons. The molecule has 0 unspecified atom stereocenters. The Hall–Kier alpha value is -4.10. The first-order valence-electron chi connectivity index (χ1n) is 15.1. The van der Waals surface area contributed by atoms with Crippen LogP contribution in [0.15, 0.2) is 84.4 Å². The lowest BCUT2D eigenvalue weighted by atomic mass is 9.90. The number of carbonyl (C=O) groups excluding carboxylic acids is 2. The van der Waals surface area contributed by atoms with E-state index < -0.39 is 11.7 Å². The van der Waals surface area contributed by atoms with Crippen LogP contribution in [0, 0.1) is 0 Å². The second-order valence-electron chi connectivity index (χ2n) is 12.2. The van der Waals surface area contributed by atoms with Crippen molar-refractivity contribution in [2.45, 2.75) is 58.2 Å². The van der Waals surface area contributed by atoms with E-state index in [0.29, 0.717) is 38.3 Å². The fraction of sp³-hybridized carbons (Fsp3) is 0.389. The van der Waals surface area contributed by atoms with Crippen LogP contribution in [-0.4, -0.2) is 66.9 Å². The average Bonchev–Trinajstić information content (AvgIpc) is 3.85. The molecule has 2 aliphatic rings. The summed E-state index contributed by atoms with van der Waals surface area (Å²) in [6.45, 7) is 7.72. The minimum Gasteiger partial charge on any atom is -0.491 e. The summed E-state index contributed by atoms with van der Waals surface area (Å²) in [7, 11) is 1.65. The fourth-order valence-electron chi connectivity index (χ4n) is 5.38. The van der Waals surface area contributed by atoms with Crippen LogP contribution in [-0.2, 0) is 20.8 Å². The van der Waals surface area contributed by atoms with Crippen LogP contribution in [0.2, 0.25) is 0 Å². The quantitative estimate of drug-likeness (QED) is 0.242. The molecule has 43 heavy (non-hydrogen) atoms. The molecule has 1 saturated carbocycles. The van der Waals surface area contributed by atoms with Crippen LogP contribution < -0.4 is 4.74 Å². The Kier molecular flexibility index (Phi) is 9.51. The highest BCUT2D eigenvalue weighted by Crippen LogP contribution is 2.36. The van der Waals surface area contributed by atoms with E-state index in [-0.39, 0.29) is 18.5 Å². The SMILES string of the molecule is COCCOc1cccc(CN(C(=O)C2=C(c3cccc(-c4ccccc4)c3)CCN(C(=O)OC(C)(C)C)C2)C2CC2)c1. The molecule has 5 rings (SSSR count). The van der Waals surface area contributed by atoms with Crippen molar-refractivity contribution in [3.05, 3.63) is 95.6 Å². The van der Waals surface area contributed by atoms with Crippen molar-refractivity contribution >= 4 is 17.6 Å². The number of methoxy groups -OCH3 is 1. The molecule has 7 nitrogen and oxygen atoms in total. The van der Waals surface area contributed by atoms with Gasteiger partial charge in [-0.05, 0) is 86.1 Å². The van der Waals surface area contributed by atoms with E-state index >= 15 is 0 Å². The molecule has 0 atom stereocenters. The molecule has 2 amide bonds. The molecule has 1 fully saturated rings. The zero-order valence-corrected chi connectivity index (χ0v) is 25.7. The predicted octanol–water partition coefficient (Wildman–Crippen LogP) is 6.96. The van der Waals surface area contributed by atoms with Crippen LogP contribution in [0.4, 0.5) is 4.79 Å². The van der Waals surface area contributed by atoms with Crippen molar-refractivity contribution in [2.24, 2.45) is 0 Å². The molecule has 3 aromatic rings. The molecule has 0 bridgehead atoms. The van der Waals surface area contributed by atoms with E-state index in [1.807, 2.05) is 74.2 Å². The normalized spacial score (nSPS) is 15.3. The maximum Gasteiger partial charge on any atom is 0.410 e. The van der Waals surface area contributed by atoms with Gasteiger partial charge < -0.3 is 24.0 Å². The van der Waals surface area contributed by atoms with Gasteiger partial charge in [0, 0.05) is 31.8 Å². The zero-order chi connectivity index (χ0) is 30.4. The molecule has 0 N–H and O–H groups in total. The highest BCUT2D eigenvalue weighted by molar-refractivity contribution is 6.03. The lowest BCUT2D eigenvalue weighted by molar-refractivity contribution is -0.128. The summed E-state index contributed by atoms with van der Waals surface area (Å²) in [5.41, 5.74) is 5.26. The minimum absolute atomic E-state index is 0.0263. The number of rotatable bonds is 10. The largest absolute Gasteiger partial charge is 0.491 e. The highest BCUT2D eigenvalue weighted by Gasteiger charge is 2.38. The number of hydrogen-bond donors (Lipinski definition) is 0. The second kappa shape index (κ2) is 13.5. The van der Waals surface area contributed by atoms with E-state index in [1.54, 1.807) is 12.0 Å². The molecule has 7 heteroatoms. The first kappa shape index (κ1) is 30.4. The van der Waals surface area contributed by atoms with Gasteiger partial charge in [-0.25, -0.2) is 4.79 Å². The van der Waals surface area contributed by atoms with E-state index in [4.69, 9.17) is 14.2 Å². The predicted molar refractivity (Wildman–Crippen MR) is 169 cm³/mol. The molecule has 3 aromatic carbocycles. The van der Waals surface area contributed by atoms with Gasteiger partial charge >= 0.3 is 6.09 Å². The summed E-state index contributed by atoms with van der Waals surface area (Å²) in [5, 5.41) is 0. The first-order valence-corrected chi connectivity index (χ1v) is 15.1. The maximum absolute atomic E-state index is 14.5. The number of benzene rings is 3. The lowest BCUT2D eigenvalue weighted by Crippen LogP contribution is -2.44. The van der Waals surface area contributed by atoms with Crippen molar-refractivity contribution in [3.8, 4) is 16.9 Å². The average molecular weight is 583 g/mol. The number of nitrogens with zero attached hydrogens (tertiary/aromatic N) is 2. The highest BCUT2D eigenvalue weighted by atomic mass is 16.6. The standard InChI is InChI=1S/C36H42N2O5/c1-36(2,3)43-35(40)37-19-18-32(29-14-9-13-28(23-29)27-11-6-5-7-12-27)33(25-37)34(39)38(30-16-17-30)24-26-10-8-15-31(22-26)42-21-20-41-4/h5-15,22-23,30H,16-21,24-25H2,1-4H3. The van der Waals surface area contributed by atoms with Gasteiger partial charge in [-0.2, -0.15) is 0 Å². The summed E-state index contributed by atoms with van der Waals surface area (Å²) in [6.07, 6.45) is 2.11. The topological polar surface area (TPSA) is 68.3 Å². The van der Waals surface area contributed by atoms with Gasteiger partial charge in [-0.3, -0.25) is 4.79 Å². The van der Waals surface area contributed by atoms with Crippen LogP contribution >= 0.6 is 0 Å². The van der Waals surface area contributed by atoms with Gasteiger partial charge in [-0.15, -0.1) is 0 Å². The third-order valence-electron chi connectivity index (χ3n) is 7.63. The number of ether oxygens (including phenoxy) is 3. The number of amides is 2. The Morgan fingerprint density at radius 3 is 2.33 bits per heavy atom. The summed E-state index contributed by atoms with van der Waals surface area (Å²) >= 11 is 0. The maximum atomic E-state index is 14.5. The lowest BCUT2D eigenvalue weighted by Gasteiger charge is -2.34. The summed E-state index contributed by atoms with van der Waals surface area (Å²) < 4.78 is 16.6. The van der Waals surface area contributed by atoms with Crippen LogP contribution in [0.25, 0.3) is 16.7 Å². The molecule has 1 heterocycles. The zero-order valence-electron chi connectivity index (χ0n) is 25.7. The van der Waals surface area contributed by atoms with Crippen molar-refractivity contribution < 1.29 is 23.8 Å². The van der Waals surface area contributed by atoms with Crippen molar-refractivity contribution in [3.63, 3.8) is 0 Å². The number of hydrogen-bond acceptors (Lipinski definition) is 5. The molecule has 226 valence electrons. The Labute approximate surface area is 255 Å². The van der Waals surface area contributed by atoms with Crippen LogP contribution in [0.3, 0.4) is 0 Å². The van der Waals surface area contributed by atoms with Crippen molar-refractivity contribution in [1.29, 1.82) is 0 Å². The van der Waals surface area contributed by atoms with Crippen LogP contribution in [0.1, 0.15) is 51.2 Å². The van der Waals surface area contributed by atoms with Gasteiger partial charge in [0.2, 0.25) is 0 Å². The third-order valence-corrected chi connectivity index (χ3v) is 7.63. The Morgan fingerprint density at radius 2 is 1.60 bits per heavy atom. The molecule has 1 aliphatic carbocycles. The number of carbonyl (C=O) groups is 2. The Bertz CT molecular complexity index is 1460. The minimum atomic E-state index is -0.619. The van der Waals surface area contributed by atoms with E-state index in [1.165, 1.54) is 0 Å². The van der Waals surface area contributed by atoms with Crippen molar-refractivity contribution in [2.75, 3.05) is 33.4 Å². The van der Waals surface area contributed by atoms with E-state index in [2.05, 4.69) is 30.3 Å². The Morgan fingerprint density at radius 1 is 0.884 bits per heavy atom. The summed E-state index contributed by atoms with van der Waals surface area (Å²) in [5.74, 6) is 0.728. The van der Waals surface area contributed by atoms with Gasteiger partial charge in [0.05, 0.1) is 13.2 Å². The molecule has 0 spiro atoms. The first-order chi connectivity index (χ1) is 20.7. The summed E-state index contributed by atoms with van der Waals surface area (Å²) in [4.78, 5) is 31.3. The molecule has 0 saturated heterocycles. The van der Waals surface area contributed by atoms with Gasteiger partial charge in [0.15, 0.2) is 0 Å². The molecule has 0 aromatic heterocycles. The van der Waals surface area contributed by atoms with Crippen molar-refractivity contribution in [1.82, 2.24) is 9.80 Å². The second-order valence-corrected chi connectivity index (χ2v) is 12.2. The third kappa shape index (κ3) is 8.05. The van der Waals surface area contributed by atoms with Crippen LogP contribution in [0.5, 0.6) is 5.75 Å².